The van der Waals surface area contributed by atoms with Gasteiger partial charge in [-0.15, -0.1) is 0 Å². The highest BCUT2D eigenvalue weighted by molar-refractivity contribution is 5.80. The van der Waals surface area contributed by atoms with Crippen LogP contribution in [0.15, 0.2) is 30.3 Å². The number of ketones is 1. The standard InChI is InChI=1S/C12H15NO3/c14-11(7-4-8-13-12(15)16)9-10-5-2-1-3-6-10/h1-3,5-6,13H,4,7-9H2,(H,15,16). The van der Waals surface area contributed by atoms with Crippen molar-refractivity contribution in [1.82, 2.24) is 5.32 Å². The number of rotatable bonds is 6. The molecule has 2 N–H and O–H groups in total. The van der Waals surface area contributed by atoms with Crippen LogP contribution in [-0.4, -0.2) is 23.5 Å². The molecular formula is C12H15NO3. The van der Waals surface area contributed by atoms with Crippen LogP contribution in [0.4, 0.5) is 4.79 Å². The van der Waals surface area contributed by atoms with Gasteiger partial charge in [-0.1, -0.05) is 30.3 Å². The molecule has 4 heteroatoms. The summed E-state index contributed by atoms with van der Waals surface area (Å²) in [5, 5.41) is 10.5. The second-order valence-electron chi connectivity index (χ2n) is 3.54. The lowest BCUT2D eigenvalue weighted by Gasteiger charge is -2.01. The highest BCUT2D eigenvalue weighted by Gasteiger charge is 2.03. The molecular weight excluding hydrogens is 206 g/mol. The zero-order valence-corrected chi connectivity index (χ0v) is 8.98. The molecule has 0 bridgehead atoms. The van der Waals surface area contributed by atoms with Crippen molar-refractivity contribution in [2.24, 2.45) is 0 Å². The van der Waals surface area contributed by atoms with Gasteiger partial charge < -0.3 is 10.4 Å². The van der Waals surface area contributed by atoms with Gasteiger partial charge in [0.1, 0.15) is 5.78 Å². The second kappa shape index (κ2) is 6.61. The zero-order chi connectivity index (χ0) is 11.8. The van der Waals surface area contributed by atoms with Crippen LogP contribution in [0.25, 0.3) is 0 Å². The summed E-state index contributed by atoms with van der Waals surface area (Å²) in [7, 11) is 0. The molecule has 0 aliphatic carbocycles. The smallest absolute Gasteiger partial charge is 0.404 e. The molecule has 86 valence electrons. The van der Waals surface area contributed by atoms with Crippen LogP contribution >= 0.6 is 0 Å². The Morgan fingerprint density at radius 3 is 2.50 bits per heavy atom. The summed E-state index contributed by atoms with van der Waals surface area (Å²) in [5.41, 5.74) is 0.999. The first-order valence-electron chi connectivity index (χ1n) is 5.21. The average Bonchev–Trinajstić information content (AvgIpc) is 2.25. The summed E-state index contributed by atoms with van der Waals surface area (Å²) in [4.78, 5) is 21.6. The predicted molar refractivity (Wildman–Crippen MR) is 60.4 cm³/mol. The Morgan fingerprint density at radius 1 is 1.19 bits per heavy atom. The maximum atomic E-state index is 11.5. The highest BCUT2D eigenvalue weighted by Crippen LogP contribution is 2.02. The van der Waals surface area contributed by atoms with E-state index in [1.54, 1.807) is 0 Å². The summed E-state index contributed by atoms with van der Waals surface area (Å²) in [6.45, 7) is 0.329. The monoisotopic (exact) mass is 221 g/mol. The second-order valence-corrected chi connectivity index (χ2v) is 3.54. The molecule has 1 aromatic rings. The van der Waals surface area contributed by atoms with Crippen LogP contribution in [0, 0.1) is 0 Å². The Hall–Kier alpha value is -1.84. The van der Waals surface area contributed by atoms with Crippen molar-refractivity contribution in [1.29, 1.82) is 0 Å². The highest BCUT2D eigenvalue weighted by atomic mass is 16.4. The molecule has 4 nitrogen and oxygen atoms in total. The third-order valence-corrected chi connectivity index (χ3v) is 2.15. The van der Waals surface area contributed by atoms with Crippen LogP contribution in [0.2, 0.25) is 0 Å². The van der Waals surface area contributed by atoms with Crippen molar-refractivity contribution in [3.8, 4) is 0 Å². The normalized spacial score (nSPS) is 9.75. The first-order valence-corrected chi connectivity index (χ1v) is 5.21. The molecule has 0 spiro atoms. The van der Waals surface area contributed by atoms with Gasteiger partial charge in [-0.25, -0.2) is 4.79 Å². The van der Waals surface area contributed by atoms with Gasteiger partial charge in [0.2, 0.25) is 0 Å². The van der Waals surface area contributed by atoms with E-state index < -0.39 is 6.09 Å². The van der Waals surface area contributed by atoms with Crippen molar-refractivity contribution < 1.29 is 14.7 Å². The van der Waals surface area contributed by atoms with Crippen molar-refractivity contribution >= 4 is 11.9 Å². The first kappa shape index (κ1) is 12.2. The number of nitrogens with one attached hydrogen (secondary N) is 1. The predicted octanol–water partition coefficient (Wildman–Crippen LogP) is 1.85. The van der Waals surface area contributed by atoms with Crippen molar-refractivity contribution in [3.05, 3.63) is 35.9 Å². The van der Waals surface area contributed by atoms with E-state index in [-0.39, 0.29) is 5.78 Å². The van der Waals surface area contributed by atoms with Gasteiger partial charge in [0.25, 0.3) is 0 Å². The number of carbonyl (C=O) groups excluding carboxylic acids is 1. The fraction of sp³-hybridized carbons (Fsp3) is 0.333. The minimum absolute atomic E-state index is 0.137. The first-order chi connectivity index (χ1) is 7.68. The third kappa shape index (κ3) is 5.14. The molecule has 1 aromatic carbocycles. The maximum Gasteiger partial charge on any atom is 0.404 e. The lowest BCUT2D eigenvalue weighted by molar-refractivity contribution is -0.118. The van der Waals surface area contributed by atoms with Crippen LogP contribution in [0.5, 0.6) is 0 Å². The van der Waals surface area contributed by atoms with E-state index >= 15 is 0 Å². The molecule has 0 heterocycles. The fourth-order valence-corrected chi connectivity index (χ4v) is 1.39. The van der Waals surface area contributed by atoms with E-state index in [4.69, 9.17) is 5.11 Å². The minimum Gasteiger partial charge on any atom is -0.465 e. The van der Waals surface area contributed by atoms with Crippen molar-refractivity contribution in [2.45, 2.75) is 19.3 Å². The van der Waals surface area contributed by atoms with Crippen LogP contribution in [0.3, 0.4) is 0 Å². The van der Waals surface area contributed by atoms with Gasteiger partial charge >= 0.3 is 6.09 Å². The third-order valence-electron chi connectivity index (χ3n) is 2.15. The largest absolute Gasteiger partial charge is 0.465 e. The summed E-state index contributed by atoms with van der Waals surface area (Å²) in [6.07, 6.45) is 0.344. The lowest BCUT2D eigenvalue weighted by atomic mass is 10.1. The van der Waals surface area contributed by atoms with Gasteiger partial charge in [-0.05, 0) is 12.0 Å². The molecule has 0 saturated carbocycles. The summed E-state index contributed by atoms with van der Waals surface area (Å²) in [5.74, 6) is 0.137. The lowest BCUT2D eigenvalue weighted by Crippen LogP contribution is -2.22. The Bertz CT molecular complexity index is 349. The molecule has 0 aromatic heterocycles. The minimum atomic E-state index is -1.05. The molecule has 0 atom stereocenters. The molecule has 16 heavy (non-hydrogen) atoms. The van der Waals surface area contributed by atoms with Crippen LogP contribution in [-0.2, 0) is 11.2 Å². The summed E-state index contributed by atoms with van der Waals surface area (Å²) in [6, 6.07) is 9.52. The maximum absolute atomic E-state index is 11.5. The molecule has 0 saturated heterocycles. The van der Waals surface area contributed by atoms with Gasteiger partial charge in [-0.3, -0.25) is 4.79 Å². The van der Waals surface area contributed by atoms with Crippen molar-refractivity contribution in [2.75, 3.05) is 6.54 Å². The Morgan fingerprint density at radius 2 is 1.88 bits per heavy atom. The number of Topliss-reactive ketones (excluding diaryl/α,β-unsaturated/α-hetero) is 1. The number of amides is 1. The van der Waals surface area contributed by atoms with E-state index in [0.29, 0.717) is 25.8 Å². The molecule has 0 aliphatic heterocycles. The summed E-state index contributed by atoms with van der Waals surface area (Å²) >= 11 is 0. The molecule has 1 rings (SSSR count). The molecule has 0 radical (unpaired) electrons. The van der Waals surface area contributed by atoms with Gasteiger partial charge in [-0.2, -0.15) is 0 Å². The fourth-order valence-electron chi connectivity index (χ4n) is 1.39. The van der Waals surface area contributed by atoms with Crippen LogP contribution in [0.1, 0.15) is 18.4 Å². The van der Waals surface area contributed by atoms with Crippen LogP contribution < -0.4 is 5.32 Å². The van der Waals surface area contributed by atoms with E-state index in [1.165, 1.54) is 0 Å². The molecule has 0 unspecified atom stereocenters. The summed E-state index contributed by atoms with van der Waals surface area (Å²) < 4.78 is 0. The van der Waals surface area contributed by atoms with Gasteiger partial charge in [0.15, 0.2) is 0 Å². The SMILES string of the molecule is O=C(CCCNC(=O)O)Cc1ccccc1. The van der Waals surface area contributed by atoms with E-state index in [1.807, 2.05) is 30.3 Å². The number of carboxylic acid groups (broad SMARTS) is 1. The molecule has 0 fully saturated rings. The number of carbonyl (C=O) groups is 2. The number of benzene rings is 1. The Labute approximate surface area is 94.3 Å². The van der Waals surface area contributed by atoms with Crippen molar-refractivity contribution in [3.63, 3.8) is 0 Å². The average molecular weight is 221 g/mol. The molecule has 0 aliphatic rings. The Balaban J connectivity index is 2.19. The number of hydrogen-bond donors (Lipinski definition) is 2. The Kier molecular flexibility index (Phi) is 5.05. The van der Waals surface area contributed by atoms with E-state index in [0.717, 1.165) is 5.56 Å². The molecule has 1 amide bonds. The topological polar surface area (TPSA) is 66.4 Å². The van der Waals surface area contributed by atoms with E-state index in [2.05, 4.69) is 5.32 Å². The number of hydrogen-bond acceptors (Lipinski definition) is 2. The zero-order valence-electron chi connectivity index (χ0n) is 8.98. The van der Waals surface area contributed by atoms with Gasteiger partial charge in [0, 0.05) is 19.4 Å². The quantitative estimate of drug-likeness (QED) is 0.720. The van der Waals surface area contributed by atoms with E-state index in [9.17, 15) is 9.59 Å². The van der Waals surface area contributed by atoms with Gasteiger partial charge in [0.05, 0.1) is 0 Å².